The molecule has 1 rings (SSSR count). The van der Waals surface area contributed by atoms with E-state index in [0.717, 1.165) is 0 Å². The second-order valence-electron chi connectivity index (χ2n) is 3.77. The molecule has 16 heavy (non-hydrogen) atoms. The Balaban J connectivity index is 3.17. The van der Waals surface area contributed by atoms with Crippen molar-refractivity contribution in [3.8, 4) is 11.5 Å². The zero-order valence-electron chi connectivity index (χ0n) is 8.99. The van der Waals surface area contributed by atoms with Gasteiger partial charge >= 0.3 is 5.97 Å². The summed E-state index contributed by atoms with van der Waals surface area (Å²) in [6.45, 7) is 3.20. The quantitative estimate of drug-likeness (QED) is 0.713. The number of carboxylic acids is 1. The van der Waals surface area contributed by atoms with Gasteiger partial charge in [0.05, 0.1) is 5.92 Å². The zero-order valence-corrected chi connectivity index (χ0v) is 9.75. The van der Waals surface area contributed by atoms with Crippen LogP contribution < -0.4 is 0 Å². The molecule has 0 radical (unpaired) electrons. The maximum Gasteiger partial charge on any atom is 0.306 e. The summed E-state index contributed by atoms with van der Waals surface area (Å²) in [5, 5.41) is 28.1. The molecule has 5 heteroatoms. The number of aromatic hydroxyl groups is 2. The van der Waals surface area contributed by atoms with E-state index in [-0.39, 0.29) is 17.9 Å². The van der Waals surface area contributed by atoms with Crippen LogP contribution in [0.1, 0.15) is 18.1 Å². The summed E-state index contributed by atoms with van der Waals surface area (Å²) in [6.07, 6.45) is 0.126. The molecule has 1 unspecified atom stereocenters. The number of halogens is 1. The number of aliphatic carboxylic acids is 1. The van der Waals surface area contributed by atoms with Crippen LogP contribution in [0.25, 0.3) is 0 Å². The van der Waals surface area contributed by atoms with Crippen molar-refractivity contribution in [1.82, 2.24) is 0 Å². The van der Waals surface area contributed by atoms with Crippen molar-refractivity contribution in [2.75, 3.05) is 0 Å². The van der Waals surface area contributed by atoms with Crippen LogP contribution in [0.3, 0.4) is 0 Å². The van der Waals surface area contributed by atoms with E-state index in [1.165, 1.54) is 13.0 Å². The predicted molar refractivity (Wildman–Crippen MR) is 60.0 cm³/mol. The lowest BCUT2D eigenvalue weighted by molar-refractivity contribution is -0.141. The highest BCUT2D eigenvalue weighted by Gasteiger charge is 2.19. The third kappa shape index (κ3) is 2.39. The molecule has 0 aliphatic rings. The standard InChI is InChI=1S/C11H13ClO4/c1-5(11(15)16)3-7-6(2)8(12)4-9(13)10(7)14/h4-5,13-14H,3H2,1-2H3,(H,15,16). The highest BCUT2D eigenvalue weighted by molar-refractivity contribution is 6.31. The molecule has 1 atom stereocenters. The van der Waals surface area contributed by atoms with Crippen molar-refractivity contribution < 1.29 is 20.1 Å². The van der Waals surface area contributed by atoms with E-state index in [0.29, 0.717) is 16.1 Å². The molecule has 0 aliphatic heterocycles. The summed E-state index contributed by atoms with van der Waals surface area (Å²) in [7, 11) is 0. The molecule has 4 nitrogen and oxygen atoms in total. The third-order valence-electron chi connectivity index (χ3n) is 2.53. The lowest BCUT2D eigenvalue weighted by atomic mass is 9.96. The fraction of sp³-hybridized carbons (Fsp3) is 0.364. The summed E-state index contributed by atoms with van der Waals surface area (Å²) in [4.78, 5) is 10.7. The van der Waals surface area contributed by atoms with Crippen LogP contribution in [-0.4, -0.2) is 21.3 Å². The molecule has 0 heterocycles. The van der Waals surface area contributed by atoms with Gasteiger partial charge in [-0.15, -0.1) is 0 Å². The Kier molecular flexibility index (Phi) is 3.65. The number of carbonyl (C=O) groups is 1. The molecule has 3 N–H and O–H groups in total. The van der Waals surface area contributed by atoms with E-state index >= 15 is 0 Å². The van der Waals surface area contributed by atoms with Crippen LogP contribution >= 0.6 is 11.6 Å². The number of hydrogen-bond donors (Lipinski definition) is 3. The van der Waals surface area contributed by atoms with Crippen LogP contribution in [0.15, 0.2) is 6.07 Å². The molecule has 1 aromatic carbocycles. The second-order valence-corrected chi connectivity index (χ2v) is 4.18. The molecule has 0 aliphatic carbocycles. The van der Waals surface area contributed by atoms with Gasteiger partial charge in [0.25, 0.3) is 0 Å². The Bertz CT molecular complexity index is 402. The first-order valence-corrected chi connectivity index (χ1v) is 5.15. The summed E-state index contributed by atoms with van der Waals surface area (Å²) >= 11 is 5.84. The van der Waals surface area contributed by atoms with E-state index in [1.54, 1.807) is 6.92 Å². The Morgan fingerprint density at radius 2 is 2.06 bits per heavy atom. The number of benzene rings is 1. The van der Waals surface area contributed by atoms with Gasteiger partial charge in [0.15, 0.2) is 11.5 Å². The summed E-state index contributed by atoms with van der Waals surface area (Å²) in [5.41, 5.74) is 0.963. The summed E-state index contributed by atoms with van der Waals surface area (Å²) < 4.78 is 0. The molecular formula is C11H13ClO4. The van der Waals surface area contributed by atoms with E-state index in [9.17, 15) is 15.0 Å². The fourth-order valence-electron chi connectivity index (χ4n) is 1.42. The number of carboxylic acid groups (broad SMARTS) is 1. The van der Waals surface area contributed by atoms with Crippen molar-refractivity contribution in [2.24, 2.45) is 5.92 Å². The van der Waals surface area contributed by atoms with Crippen molar-refractivity contribution in [3.63, 3.8) is 0 Å². The number of phenolic OH excluding ortho intramolecular Hbond substituents is 2. The molecular weight excluding hydrogens is 232 g/mol. The van der Waals surface area contributed by atoms with Gasteiger partial charge in [-0.2, -0.15) is 0 Å². The molecule has 0 fully saturated rings. The molecule has 88 valence electrons. The fourth-order valence-corrected chi connectivity index (χ4v) is 1.63. The summed E-state index contributed by atoms with van der Waals surface area (Å²) in [6, 6.07) is 1.24. The molecule has 0 bridgehead atoms. The van der Waals surface area contributed by atoms with Crippen LogP contribution in [0.5, 0.6) is 11.5 Å². The smallest absolute Gasteiger partial charge is 0.306 e. The van der Waals surface area contributed by atoms with Crippen molar-refractivity contribution in [3.05, 3.63) is 22.2 Å². The van der Waals surface area contributed by atoms with E-state index < -0.39 is 11.9 Å². The highest BCUT2D eigenvalue weighted by atomic mass is 35.5. The van der Waals surface area contributed by atoms with Gasteiger partial charge in [0, 0.05) is 16.7 Å². The van der Waals surface area contributed by atoms with Crippen molar-refractivity contribution in [2.45, 2.75) is 20.3 Å². The molecule has 0 aromatic heterocycles. The first kappa shape index (κ1) is 12.6. The highest BCUT2D eigenvalue weighted by Crippen LogP contribution is 2.37. The van der Waals surface area contributed by atoms with Gasteiger partial charge in [0.2, 0.25) is 0 Å². The van der Waals surface area contributed by atoms with Crippen LogP contribution in [-0.2, 0) is 11.2 Å². The lowest BCUT2D eigenvalue weighted by Gasteiger charge is -2.13. The molecule has 0 saturated heterocycles. The summed E-state index contributed by atoms with van der Waals surface area (Å²) in [5.74, 6) is -2.24. The first-order valence-electron chi connectivity index (χ1n) is 4.77. The monoisotopic (exact) mass is 244 g/mol. The topological polar surface area (TPSA) is 77.8 Å². The third-order valence-corrected chi connectivity index (χ3v) is 2.93. The van der Waals surface area contributed by atoms with E-state index in [1.807, 2.05) is 0 Å². The minimum atomic E-state index is -0.960. The maximum atomic E-state index is 10.7. The average molecular weight is 245 g/mol. The van der Waals surface area contributed by atoms with Crippen LogP contribution in [0, 0.1) is 12.8 Å². The van der Waals surface area contributed by atoms with E-state index in [2.05, 4.69) is 0 Å². The van der Waals surface area contributed by atoms with Gasteiger partial charge < -0.3 is 15.3 Å². The first-order chi connectivity index (χ1) is 7.34. The van der Waals surface area contributed by atoms with Gasteiger partial charge in [-0.25, -0.2) is 0 Å². The normalized spacial score (nSPS) is 12.4. The second kappa shape index (κ2) is 4.61. The molecule has 0 amide bonds. The molecule has 0 saturated carbocycles. The number of rotatable bonds is 3. The Hall–Kier alpha value is -1.42. The van der Waals surface area contributed by atoms with Gasteiger partial charge in [0.1, 0.15) is 0 Å². The van der Waals surface area contributed by atoms with Crippen LogP contribution in [0.4, 0.5) is 0 Å². The van der Waals surface area contributed by atoms with E-state index in [4.69, 9.17) is 16.7 Å². The Labute approximate surface area is 98.1 Å². The lowest BCUT2D eigenvalue weighted by Crippen LogP contribution is -2.13. The Morgan fingerprint density at radius 1 is 1.50 bits per heavy atom. The largest absolute Gasteiger partial charge is 0.504 e. The van der Waals surface area contributed by atoms with Gasteiger partial charge in [-0.1, -0.05) is 18.5 Å². The van der Waals surface area contributed by atoms with Gasteiger partial charge in [-0.05, 0) is 18.9 Å². The maximum absolute atomic E-state index is 10.7. The predicted octanol–water partition coefficient (Wildman–Crippen LogP) is 2.32. The number of phenols is 2. The molecule has 0 spiro atoms. The minimum Gasteiger partial charge on any atom is -0.504 e. The van der Waals surface area contributed by atoms with Gasteiger partial charge in [-0.3, -0.25) is 4.79 Å². The SMILES string of the molecule is Cc1c(Cl)cc(O)c(O)c1CC(C)C(=O)O. The Morgan fingerprint density at radius 3 is 2.56 bits per heavy atom. The average Bonchev–Trinajstić information content (AvgIpc) is 2.21. The van der Waals surface area contributed by atoms with Crippen LogP contribution in [0.2, 0.25) is 5.02 Å². The number of hydrogen-bond acceptors (Lipinski definition) is 3. The minimum absolute atomic E-state index is 0.126. The zero-order chi connectivity index (χ0) is 12.5. The molecule has 1 aromatic rings. The van der Waals surface area contributed by atoms with Crippen molar-refractivity contribution >= 4 is 17.6 Å². The van der Waals surface area contributed by atoms with Crippen molar-refractivity contribution in [1.29, 1.82) is 0 Å².